The number of carbonyl (C=O) groups excluding carboxylic acids is 2. The third-order valence-electron chi connectivity index (χ3n) is 1.93. The number of rotatable bonds is 4. The summed E-state index contributed by atoms with van der Waals surface area (Å²) in [5.74, 6) is -0.374. The minimum absolute atomic E-state index is 0.258. The molecule has 5 heteroatoms. The lowest BCUT2D eigenvalue weighted by Crippen LogP contribution is -2.25. The number of hydrogen-bond donors (Lipinski definition) is 1. The van der Waals surface area contributed by atoms with Crippen LogP contribution in [0.15, 0.2) is 24.3 Å². The van der Waals surface area contributed by atoms with E-state index in [-0.39, 0.29) is 5.91 Å². The molecule has 0 fully saturated rings. The van der Waals surface area contributed by atoms with Crippen molar-refractivity contribution in [3.05, 3.63) is 35.4 Å². The van der Waals surface area contributed by atoms with Gasteiger partial charge in [0.1, 0.15) is 0 Å². The molecule has 0 aliphatic rings. The second kappa shape index (κ2) is 6.12. The van der Waals surface area contributed by atoms with Gasteiger partial charge in [-0.2, -0.15) is 0 Å². The summed E-state index contributed by atoms with van der Waals surface area (Å²) in [5, 5.41) is 2.61. The van der Waals surface area contributed by atoms with Crippen LogP contribution in [0.25, 0.3) is 0 Å². The van der Waals surface area contributed by atoms with E-state index in [0.717, 1.165) is 0 Å². The molecule has 0 radical (unpaired) electrons. The fourth-order valence-electron chi connectivity index (χ4n) is 1.17. The van der Waals surface area contributed by atoms with Gasteiger partial charge >= 0.3 is 5.97 Å². The zero-order chi connectivity index (χ0) is 12.0. The summed E-state index contributed by atoms with van der Waals surface area (Å²) >= 11 is 5.45. The molecule has 0 saturated carbocycles. The van der Waals surface area contributed by atoms with Crippen LogP contribution in [0, 0.1) is 0 Å². The van der Waals surface area contributed by atoms with Crippen molar-refractivity contribution < 1.29 is 14.3 Å². The molecule has 0 aliphatic heterocycles. The van der Waals surface area contributed by atoms with Gasteiger partial charge in [0, 0.05) is 18.0 Å². The lowest BCUT2D eigenvalue weighted by atomic mass is 10.1. The quantitative estimate of drug-likeness (QED) is 0.641. The van der Waals surface area contributed by atoms with Crippen LogP contribution in [0.2, 0.25) is 0 Å². The molecule has 0 bridgehead atoms. The highest BCUT2D eigenvalue weighted by molar-refractivity contribution is 6.18. The van der Waals surface area contributed by atoms with E-state index in [4.69, 9.17) is 11.6 Å². The topological polar surface area (TPSA) is 55.4 Å². The average molecular weight is 242 g/mol. The lowest BCUT2D eigenvalue weighted by Gasteiger charge is -2.04. The summed E-state index contributed by atoms with van der Waals surface area (Å²) in [4.78, 5) is 22.8. The number of benzene rings is 1. The minimum Gasteiger partial charge on any atom is -0.465 e. The Bertz CT molecular complexity index is 393. The van der Waals surface area contributed by atoms with E-state index in [1.165, 1.54) is 13.2 Å². The van der Waals surface area contributed by atoms with Crippen LogP contribution >= 0.6 is 11.6 Å². The van der Waals surface area contributed by atoms with Crippen molar-refractivity contribution in [1.82, 2.24) is 5.32 Å². The Morgan fingerprint density at radius 2 is 2.06 bits per heavy atom. The molecule has 0 spiro atoms. The highest BCUT2D eigenvalue weighted by Gasteiger charge is 2.09. The smallest absolute Gasteiger partial charge is 0.337 e. The van der Waals surface area contributed by atoms with Gasteiger partial charge in [0.15, 0.2) is 0 Å². The maximum Gasteiger partial charge on any atom is 0.337 e. The number of hydrogen-bond acceptors (Lipinski definition) is 3. The summed E-state index contributed by atoms with van der Waals surface area (Å²) in [5.41, 5.74) is 0.758. The minimum atomic E-state index is -0.466. The molecule has 1 aromatic carbocycles. The van der Waals surface area contributed by atoms with Gasteiger partial charge in [-0.3, -0.25) is 4.79 Å². The SMILES string of the molecule is COC(=O)c1cccc(C(=O)NCCCl)c1. The molecule has 0 unspecified atom stereocenters. The van der Waals surface area contributed by atoms with E-state index in [1.807, 2.05) is 0 Å². The Kier molecular flexibility index (Phi) is 4.79. The molecule has 16 heavy (non-hydrogen) atoms. The largest absolute Gasteiger partial charge is 0.465 e. The normalized spacial score (nSPS) is 9.62. The van der Waals surface area contributed by atoms with Crippen LogP contribution in [-0.4, -0.2) is 31.4 Å². The fourth-order valence-corrected chi connectivity index (χ4v) is 1.26. The number of methoxy groups -OCH3 is 1. The maximum atomic E-state index is 11.5. The maximum absolute atomic E-state index is 11.5. The van der Waals surface area contributed by atoms with Gasteiger partial charge in [0.25, 0.3) is 5.91 Å². The van der Waals surface area contributed by atoms with Gasteiger partial charge in [0.2, 0.25) is 0 Å². The van der Waals surface area contributed by atoms with Crippen LogP contribution in [-0.2, 0) is 4.74 Å². The van der Waals surface area contributed by atoms with Crippen molar-refractivity contribution in [2.75, 3.05) is 19.5 Å². The number of halogens is 1. The van der Waals surface area contributed by atoms with Crippen molar-refractivity contribution >= 4 is 23.5 Å². The van der Waals surface area contributed by atoms with Gasteiger partial charge in [-0.15, -0.1) is 11.6 Å². The predicted molar refractivity (Wildman–Crippen MR) is 60.8 cm³/mol. The van der Waals surface area contributed by atoms with Crippen molar-refractivity contribution in [2.45, 2.75) is 0 Å². The standard InChI is InChI=1S/C11H12ClNO3/c1-16-11(15)9-4-2-3-8(7-9)10(14)13-6-5-12/h2-4,7H,5-6H2,1H3,(H,13,14). The molecule has 86 valence electrons. The average Bonchev–Trinajstić information content (AvgIpc) is 2.35. The summed E-state index contributed by atoms with van der Waals surface area (Å²) in [6, 6.07) is 6.32. The first kappa shape index (κ1) is 12.5. The predicted octanol–water partition coefficient (Wildman–Crippen LogP) is 1.44. The van der Waals surface area contributed by atoms with Gasteiger partial charge < -0.3 is 10.1 Å². The monoisotopic (exact) mass is 241 g/mol. The van der Waals surface area contributed by atoms with Gasteiger partial charge in [-0.05, 0) is 18.2 Å². The fraction of sp³-hybridized carbons (Fsp3) is 0.273. The first-order chi connectivity index (χ1) is 7.69. The van der Waals surface area contributed by atoms with Crippen LogP contribution < -0.4 is 5.32 Å². The van der Waals surface area contributed by atoms with Crippen LogP contribution in [0.4, 0.5) is 0 Å². The van der Waals surface area contributed by atoms with Crippen LogP contribution in [0.3, 0.4) is 0 Å². The second-order valence-corrected chi connectivity index (χ2v) is 3.40. The summed E-state index contributed by atoms with van der Waals surface area (Å²) in [6.45, 7) is 0.392. The van der Waals surface area contributed by atoms with Crippen molar-refractivity contribution in [3.8, 4) is 0 Å². The summed E-state index contributed by atoms with van der Waals surface area (Å²) < 4.78 is 4.56. The zero-order valence-electron chi connectivity index (χ0n) is 8.83. The van der Waals surface area contributed by atoms with E-state index < -0.39 is 5.97 Å². The van der Waals surface area contributed by atoms with Crippen LogP contribution in [0.5, 0.6) is 0 Å². The molecule has 0 aromatic heterocycles. The third-order valence-corrected chi connectivity index (χ3v) is 2.11. The zero-order valence-corrected chi connectivity index (χ0v) is 9.58. The van der Waals surface area contributed by atoms with Crippen LogP contribution in [0.1, 0.15) is 20.7 Å². The molecule has 0 heterocycles. The molecule has 0 aliphatic carbocycles. The molecule has 1 N–H and O–H groups in total. The second-order valence-electron chi connectivity index (χ2n) is 3.02. The Morgan fingerprint density at radius 1 is 1.38 bits per heavy atom. The number of nitrogens with one attached hydrogen (secondary N) is 1. The van der Waals surface area contributed by atoms with Crippen molar-refractivity contribution in [3.63, 3.8) is 0 Å². The first-order valence-corrected chi connectivity index (χ1v) is 5.25. The van der Waals surface area contributed by atoms with E-state index in [2.05, 4.69) is 10.1 Å². The van der Waals surface area contributed by atoms with Crippen molar-refractivity contribution in [1.29, 1.82) is 0 Å². The summed E-state index contributed by atoms with van der Waals surface area (Å²) in [6.07, 6.45) is 0. The molecular formula is C11H12ClNO3. The molecule has 1 amide bonds. The molecule has 1 aromatic rings. The Hall–Kier alpha value is -1.55. The molecule has 1 rings (SSSR count). The van der Waals surface area contributed by atoms with E-state index in [1.54, 1.807) is 18.2 Å². The van der Waals surface area contributed by atoms with E-state index in [0.29, 0.717) is 23.6 Å². The first-order valence-electron chi connectivity index (χ1n) is 4.71. The molecule has 0 saturated heterocycles. The number of alkyl halides is 1. The molecule has 4 nitrogen and oxygen atoms in total. The highest BCUT2D eigenvalue weighted by atomic mass is 35.5. The number of amides is 1. The summed E-state index contributed by atoms with van der Waals surface area (Å²) in [7, 11) is 1.29. The Balaban J connectivity index is 2.81. The number of ether oxygens (including phenoxy) is 1. The van der Waals surface area contributed by atoms with Gasteiger partial charge in [-0.25, -0.2) is 4.79 Å². The van der Waals surface area contributed by atoms with E-state index in [9.17, 15) is 9.59 Å². The van der Waals surface area contributed by atoms with Crippen molar-refractivity contribution in [2.24, 2.45) is 0 Å². The Labute approximate surface area is 98.5 Å². The number of carbonyl (C=O) groups is 2. The highest BCUT2D eigenvalue weighted by Crippen LogP contribution is 2.06. The van der Waals surface area contributed by atoms with E-state index >= 15 is 0 Å². The number of esters is 1. The third kappa shape index (κ3) is 3.24. The van der Waals surface area contributed by atoms with Gasteiger partial charge in [-0.1, -0.05) is 6.07 Å². The molecule has 0 atom stereocenters. The molecular weight excluding hydrogens is 230 g/mol. The Morgan fingerprint density at radius 3 is 2.69 bits per heavy atom. The lowest BCUT2D eigenvalue weighted by molar-refractivity contribution is 0.0600. The van der Waals surface area contributed by atoms with Gasteiger partial charge in [0.05, 0.1) is 12.7 Å².